The van der Waals surface area contributed by atoms with Crippen LogP contribution in [0, 0.1) is 0 Å². The van der Waals surface area contributed by atoms with Gasteiger partial charge >= 0.3 is 5.97 Å². The molecular weight excluding hydrogens is 232 g/mol. The van der Waals surface area contributed by atoms with E-state index in [-0.39, 0.29) is 5.97 Å². The van der Waals surface area contributed by atoms with Crippen LogP contribution in [0.3, 0.4) is 0 Å². The summed E-state index contributed by atoms with van der Waals surface area (Å²) in [4.78, 5) is 22.1. The van der Waals surface area contributed by atoms with Crippen LogP contribution in [0.5, 0.6) is 5.75 Å². The molecule has 4 nitrogen and oxygen atoms in total. The second-order valence-corrected chi connectivity index (χ2v) is 3.69. The first-order valence-electron chi connectivity index (χ1n) is 6.09. The van der Waals surface area contributed by atoms with Gasteiger partial charge in [-0.05, 0) is 38.0 Å². The van der Waals surface area contributed by atoms with Crippen molar-refractivity contribution in [3.8, 4) is 5.75 Å². The molecule has 0 saturated carbocycles. The molecule has 0 radical (unpaired) electrons. The van der Waals surface area contributed by atoms with Crippen molar-refractivity contribution in [3.05, 3.63) is 29.3 Å². The third-order valence-corrected chi connectivity index (χ3v) is 2.39. The predicted molar refractivity (Wildman–Crippen MR) is 68.0 cm³/mol. The highest BCUT2D eigenvalue weighted by atomic mass is 16.5. The third kappa shape index (κ3) is 3.87. The van der Waals surface area contributed by atoms with Gasteiger partial charge in [0.05, 0.1) is 13.2 Å². The number of carbonyl (C=O) groups excluding carboxylic acids is 2. The molecule has 0 bridgehead atoms. The van der Waals surface area contributed by atoms with E-state index in [9.17, 15) is 9.59 Å². The fourth-order valence-electron chi connectivity index (χ4n) is 1.60. The van der Waals surface area contributed by atoms with Crippen LogP contribution in [0.25, 0.3) is 0 Å². The molecule has 4 heteroatoms. The number of hydrogen-bond donors (Lipinski definition) is 0. The van der Waals surface area contributed by atoms with Crippen LogP contribution in [0.2, 0.25) is 0 Å². The average molecular weight is 250 g/mol. The van der Waals surface area contributed by atoms with Crippen LogP contribution in [-0.4, -0.2) is 25.5 Å². The van der Waals surface area contributed by atoms with Gasteiger partial charge in [-0.3, -0.25) is 0 Å². The van der Waals surface area contributed by atoms with Gasteiger partial charge in [-0.15, -0.1) is 0 Å². The summed E-state index contributed by atoms with van der Waals surface area (Å²) < 4.78 is 10.4. The fourth-order valence-corrected chi connectivity index (χ4v) is 1.60. The highest BCUT2D eigenvalue weighted by Gasteiger charge is 2.14. The van der Waals surface area contributed by atoms with E-state index < -0.39 is 0 Å². The molecule has 0 saturated heterocycles. The van der Waals surface area contributed by atoms with E-state index in [1.54, 1.807) is 19.1 Å². The van der Waals surface area contributed by atoms with Gasteiger partial charge < -0.3 is 14.3 Å². The minimum atomic E-state index is -0.386. The normalized spacial score (nSPS) is 9.89. The highest BCUT2D eigenvalue weighted by molar-refractivity contribution is 5.92. The fraction of sp³-hybridized carbons (Fsp3) is 0.429. The van der Waals surface area contributed by atoms with Crippen molar-refractivity contribution in [3.63, 3.8) is 0 Å². The maximum atomic E-state index is 11.7. The number of aldehydes is 1. The molecule has 1 aromatic rings. The SMILES string of the molecule is CCOC(=O)c1ccc(CCC=O)cc1OCC. The number of ether oxygens (including phenoxy) is 2. The van der Waals surface area contributed by atoms with Gasteiger partial charge in [-0.2, -0.15) is 0 Å². The Kier molecular flexibility index (Phi) is 5.91. The Morgan fingerprint density at radius 2 is 2.06 bits per heavy atom. The van der Waals surface area contributed by atoms with Gasteiger partial charge in [0.1, 0.15) is 17.6 Å². The van der Waals surface area contributed by atoms with Crippen LogP contribution >= 0.6 is 0 Å². The topological polar surface area (TPSA) is 52.6 Å². The highest BCUT2D eigenvalue weighted by Crippen LogP contribution is 2.22. The molecule has 0 N–H and O–H groups in total. The first-order valence-corrected chi connectivity index (χ1v) is 6.09. The molecule has 0 unspecified atom stereocenters. The molecule has 0 atom stereocenters. The Morgan fingerprint density at radius 3 is 2.67 bits per heavy atom. The van der Waals surface area contributed by atoms with Crippen LogP contribution in [0.1, 0.15) is 36.2 Å². The number of benzene rings is 1. The molecule has 1 rings (SSSR count). The Labute approximate surface area is 107 Å². The molecular formula is C14H18O4. The zero-order valence-electron chi connectivity index (χ0n) is 10.8. The monoisotopic (exact) mass is 250 g/mol. The smallest absolute Gasteiger partial charge is 0.341 e. The van der Waals surface area contributed by atoms with Crippen molar-refractivity contribution < 1.29 is 19.1 Å². The molecule has 98 valence electrons. The minimum absolute atomic E-state index is 0.331. The molecule has 0 aromatic heterocycles. The molecule has 18 heavy (non-hydrogen) atoms. The van der Waals surface area contributed by atoms with Gasteiger partial charge in [0.15, 0.2) is 0 Å². The van der Waals surface area contributed by atoms with Gasteiger partial charge in [-0.25, -0.2) is 4.79 Å². The second-order valence-electron chi connectivity index (χ2n) is 3.69. The Hall–Kier alpha value is -1.84. The summed E-state index contributed by atoms with van der Waals surface area (Å²) in [5.41, 5.74) is 1.40. The Morgan fingerprint density at radius 1 is 1.28 bits per heavy atom. The van der Waals surface area contributed by atoms with E-state index in [4.69, 9.17) is 9.47 Å². The van der Waals surface area contributed by atoms with Gasteiger partial charge in [0.25, 0.3) is 0 Å². The molecule has 0 aliphatic carbocycles. The lowest BCUT2D eigenvalue weighted by atomic mass is 10.1. The zero-order valence-corrected chi connectivity index (χ0v) is 10.8. The Balaban J connectivity index is 2.95. The lowest BCUT2D eigenvalue weighted by molar-refractivity contribution is -0.107. The maximum absolute atomic E-state index is 11.7. The molecule has 0 aliphatic heterocycles. The van der Waals surface area contributed by atoms with Gasteiger partial charge in [0, 0.05) is 6.42 Å². The van der Waals surface area contributed by atoms with Crippen LogP contribution in [0.4, 0.5) is 0 Å². The average Bonchev–Trinajstić information content (AvgIpc) is 2.37. The Bertz CT molecular complexity index is 412. The van der Waals surface area contributed by atoms with Gasteiger partial charge in [0.2, 0.25) is 0 Å². The first-order chi connectivity index (χ1) is 8.72. The summed E-state index contributed by atoms with van der Waals surface area (Å²) in [6, 6.07) is 5.29. The van der Waals surface area contributed by atoms with E-state index in [0.717, 1.165) is 11.8 Å². The lowest BCUT2D eigenvalue weighted by Crippen LogP contribution is -2.08. The van der Waals surface area contributed by atoms with E-state index in [1.165, 1.54) is 0 Å². The van der Waals surface area contributed by atoms with Crippen LogP contribution < -0.4 is 4.74 Å². The van der Waals surface area contributed by atoms with Crippen molar-refractivity contribution >= 4 is 12.3 Å². The summed E-state index contributed by atoms with van der Waals surface area (Å²) >= 11 is 0. The molecule has 0 spiro atoms. The molecule has 1 aromatic carbocycles. The summed E-state index contributed by atoms with van der Waals surface area (Å²) in [6.07, 6.45) is 1.98. The van der Waals surface area contributed by atoms with E-state index in [1.807, 2.05) is 13.0 Å². The van der Waals surface area contributed by atoms with Crippen molar-refractivity contribution in [2.24, 2.45) is 0 Å². The summed E-state index contributed by atoms with van der Waals surface area (Å²) in [5, 5.41) is 0. The van der Waals surface area contributed by atoms with Crippen molar-refractivity contribution in [1.29, 1.82) is 0 Å². The number of hydrogen-bond acceptors (Lipinski definition) is 4. The van der Waals surface area contributed by atoms with Crippen LogP contribution in [-0.2, 0) is 16.0 Å². The minimum Gasteiger partial charge on any atom is -0.493 e. The standard InChI is InChI=1S/C14H18O4/c1-3-17-13-10-11(6-5-9-15)7-8-12(13)14(16)18-4-2/h7-10H,3-6H2,1-2H3. The molecule has 0 heterocycles. The maximum Gasteiger partial charge on any atom is 0.341 e. The molecule has 0 aliphatic rings. The first kappa shape index (κ1) is 14.2. The predicted octanol–water partition coefficient (Wildman–Crippen LogP) is 2.39. The summed E-state index contributed by atoms with van der Waals surface area (Å²) in [7, 11) is 0. The number of esters is 1. The van der Waals surface area contributed by atoms with Crippen molar-refractivity contribution in [2.45, 2.75) is 26.7 Å². The quantitative estimate of drug-likeness (QED) is 0.550. The van der Waals surface area contributed by atoms with Crippen LogP contribution in [0.15, 0.2) is 18.2 Å². The van der Waals surface area contributed by atoms with E-state index in [0.29, 0.717) is 37.4 Å². The molecule has 0 amide bonds. The summed E-state index contributed by atoms with van der Waals surface area (Å²) in [6.45, 7) is 4.42. The lowest BCUT2D eigenvalue weighted by Gasteiger charge is -2.11. The van der Waals surface area contributed by atoms with Gasteiger partial charge in [-0.1, -0.05) is 6.07 Å². The largest absolute Gasteiger partial charge is 0.493 e. The van der Waals surface area contributed by atoms with E-state index in [2.05, 4.69) is 0 Å². The number of rotatable bonds is 7. The molecule has 0 fully saturated rings. The summed E-state index contributed by atoms with van der Waals surface area (Å²) in [5.74, 6) is 0.127. The van der Waals surface area contributed by atoms with Crippen molar-refractivity contribution in [1.82, 2.24) is 0 Å². The number of aryl methyl sites for hydroxylation is 1. The second kappa shape index (κ2) is 7.48. The third-order valence-electron chi connectivity index (χ3n) is 2.39. The van der Waals surface area contributed by atoms with E-state index >= 15 is 0 Å². The number of carbonyl (C=O) groups is 2. The zero-order chi connectivity index (χ0) is 13.4. The van der Waals surface area contributed by atoms with Crippen molar-refractivity contribution in [2.75, 3.05) is 13.2 Å².